The normalized spacial score (nSPS) is 16.3. The van der Waals surface area contributed by atoms with Gasteiger partial charge in [0.15, 0.2) is 0 Å². The number of rotatable bonds is 4. The molecule has 0 bridgehead atoms. The molecular formula is C20H27N5O. The number of benzene rings is 1. The molecule has 0 atom stereocenters. The number of carbonyl (C=O) groups is 1. The lowest BCUT2D eigenvalue weighted by molar-refractivity contribution is 0.0809. The van der Waals surface area contributed by atoms with Crippen molar-refractivity contribution in [1.82, 2.24) is 20.2 Å². The van der Waals surface area contributed by atoms with Crippen LogP contribution in [0, 0.1) is 0 Å². The number of carbonyl (C=O) groups excluding carboxylic acids is 1. The van der Waals surface area contributed by atoms with Crippen molar-refractivity contribution in [2.45, 2.75) is 45.2 Å². The summed E-state index contributed by atoms with van der Waals surface area (Å²) in [6, 6.07) is 11.6. The Morgan fingerprint density at radius 2 is 1.81 bits per heavy atom. The van der Waals surface area contributed by atoms with Gasteiger partial charge < -0.3 is 10.6 Å². The average molecular weight is 353 g/mol. The quantitative estimate of drug-likeness (QED) is 0.883. The highest BCUT2D eigenvalue weighted by atomic mass is 16.1. The third-order valence-corrected chi connectivity index (χ3v) is 4.72. The van der Waals surface area contributed by atoms with Crippen molar-refractivity contribution >= 4 is 17.4 Å². The van der Waals surface area contributed by atoms with Gasteiger partial charge in [0, 0.05) is 36.4 Å². The van der Waals surface area contributed by atoms with Crippen LogP contribution in [0.15, 0.2) is 42.7 Å². The summed E-state index contributed by atoms with van der Waals surface area (Å²) in [6.07, 6.45) is 3.34. The molecule has 138 valence electrons. The van der Waals surface area contributed by atoms with Gasteiger partial charge in [-0.2, -0.15) is 0 Å². The number of hydrogen-bond acceptors (Lipinski definition) is 5. The lowest BCUT2D eigenvalue weighted by Crippen LogP contribution is -2.50. The zero-order chi connectivity index (χ0) is 18.6. The van der Waals surface area contributed by atoms with Crippen molar-refractivity contribution in [3.8, 4) is 0 Å². The molecule has 6 heteroatoms. The Morgan fingerprint density at radius 1 is 1.12 bits per heavy atom. The Morgan fingerprint density at radius 3 is 2.46 bits per heavy atom. The van der Waals surface area contributed by atoms with E-state index in [1.165, 1.54) is 6.33 Å². The minimum absolute atomic E-state index is 0.141. The highest BCUT2D eigenvalue weighted by molar-refractivity contribution is 5.93. The first kappa shape index (κ1) is 18.3. The molecule has 0 radical (unpaired) electrons. The van der Waals surface area contributed by atoms with E-state index in [2.05, 4.69) is 46.3 Å². The van der Waals surface area contributed by atoms with Gasteiger partial charge >= 0.3 is 0 Å². The second kappa shape index (κ2) is 7.83. The molecule has 0 saturated carbocycles. The first-order valence-corrected chi connectivity index (χ1v) is 9.12. The van der Waals surface area contributed by atoms with E-state index in [4.69, 9.17) is 0 Å². The standard InChI is InChI=1S/C20H27N5O/c1-20(2,3)25-11-9-16(10-12-25)24-19(26)17-13-18(22-14-21-17)23-15-7-5-4-6-8-15/h4-8,13-14,16H,9-12H2,1-3H3,(H,24,26)(H,21,22,23). The molecule has 0 aliphatic carbocycles. The van der Waals surface area contributed by atoms with Crippen molar-refractivity contribution in [2.24, 2.45) is 0 Å². The maximum Gasteiger partial charge on any atom is 0.270 e. The molecule has 1 aromatic carbocycles. The van der Waals surface area contributed by atoms with Crippen LogP contribution in [0.1, 0.15) is 44.1 Å². The van der Waals surface area contributed by atoms with Gasteiger partial charge in [-0.05, 0) is 45.7 Å². The summed E-state index contributed by atoms with van der Waals surface area (Å²) in [4.78, 5) is 23.3. The van der Waals surface area contributed by atoms with Crippen molar-refractivity contribution < 1.29 is 4.79 Å². The first-order chi connectivity index (χ1) is 12.4. The number of nitrogens with one attached hydrogen (secondary N) is 2. The summed E-state index contributed by atoms with van der Waals surface area (Å²) in [5.41, 5.74) is 1.49. The third-order valence-electron chi connectivity index (χ3n) is 4.72. The van der Waals surface area contributed by atoms with Crippen LogP contribution < -0.4 is 10.6 Å². The van der Waals surface area contributed by atoms with Gasteiger partial charge in [0.25, 0.3) is 5.91 Å². The summed E-state index contributed by atoms with van der Waals surface area (Å²) >= 11 is 0. The third kappa shape index (κ3) is 4.79. The predicted octanol–water partition coefficient (Wildman–Crippen LogP) is 3.21. The highest BCUT2D eigenvalue weighted by Gasteiger charge is 2.27. The minimum Gasteiger partial charge on any atom is -0.348 e. The summed E-state index contributed by atoms with van der Waals surface area (Å²) in [5, 5.41) is 6.30. The Balaban J connectivity index is 1.58. The van der Waals surface area contributed by atoms with Crippen molar-refractivity contribution in [3.63, 3.8) is 0 Å². The molecule has 2 aromatic rings. The molecule has 3 rings (SSSR count). The fourth-order valence-electron chi connectivity index (χ4n) is 3.17. The van der Waals surface area contributed by atoms with E-state index in [1.807, 2.05) is 30.3 Å². The van der Waals surface area contributed by atoms with E-state index in [9.17, 15) is 4.79 Å². The Bertz CT molecular complexity index is 733. The Hall–Kier alpha value is -2.47. The van der Waals surface area contributed by atoms with Crippen LogP contribution >= 0.6 is 0 Å². The molecule has 1 amide bonds. The molecule has 0 spiro atoms. The smallest absolute Gasteiger partial charge is 0.270 e. The average Bonchev–Trinajstić information content (AvgIpc) is 2.62. The van der Waals surface area contributed by atoms with Crippen molar-refractivity contribution in [1.29, 1.82) is 0 Å². The maximum absolute atomic E-state index is 12.6. The second-order valence-corrected chi connectivity index (χ2v) is 7.69. The van der Waals surface area contributed by atoms with Crippen LogP contribution in [-0.2, 0) is 0 Å². The van der Waals surface area contributed by atoms with E-state index in [0.717, 1.165) is 31.6 Å². The number of nitrogens with zero attached hydrogens (tertiary/aromatic N) is 3. The van der Waals surface area contributed by atoms with Crippen molar-refractivity contribution in [3.05, 3.63) is 48.4 Å². The minimum atomic E-state index is -0.141. The largest absolute Gasteiger partial charge is 0.348 e. The van der Waals surface area contributed by atoms with Crippen LogP contribution in [-0.4, -0.2) is 45.4 Å². The summed E-state index contributed by atoms with van der Waals surface area (Å²) in [5.74, 6) is 0.469. The van der Waals surface area contributed by atoms with E-state index < -0.39 is 0 Å². The van der Waals surface area contributed by atoms with Crippen molar-refractivity contribution in [2.75, 3.05) is 18.4 Å². The number of piperidine rings is 1. The van der Waals surface area contributed by atoms with Crippen LogP contribution in [0.4, 0.5) is 11.5 Å². The molecule has 2 heterocycles. The molecule has 26 heavy (non-hydrogen) atoms. The fourth-order valence-corrected chi connectivity index (χ4v) is 3.17. The molecule has 1 aliphatic rings. The van der Waals surface area contributed by atoms with Gasteiger partial charge in [0.1, 0.15) is 17.8 Å². The summed E-state index contributed by atoms with van der Waals surface area (Å²) in [7, 11) is 0. The monoisotopic (exact) mass is 353 g/mol. The second-order valence-electron chi connectivity index (χ2n) is 7.69. The van der Waals surface area contributed by atoms with E-state index in [-0.39, 0.29) is 17.5 Å². The van der Waals surface area contributed by atoms with E-state index >= 15 is 0 Å². The number of likely N-dealkylation sites (tertiary alicyclic amines) is 1. The Labute approximate surface area is 155 Å². The van der Waals surface area contributed by atoms with Gasteiger partial charge in [0.2, 0.25) is 0 Å². The number of amides is 1. The molecule has 1 saturated heterocycles. The molecule has 1 aliphatic heterocycles. The fraction of sp³-hybridized carbons (Fsp3) is 0.450. The van der Waals surface area contributed by atoms with E-state index in [0.29, 0.717) is 11.5 Å². The predicted molar refractivity (Wildman–Crippen MR) is 104 cm³/mol. The van der Waals surface area contributed by atoms with Gasteiger partial charge in [-0.15, -0.1) is 0 Å². The number of anilines is 2. The first-order valence-electron chi connectivity index (χ1n) is 9.12. The van der Waals surface area contributed by atoms with Gasteiger partial charge in [-0.1, -0.05) is 18.2 Å². The highest BCUT2D eigenvalue weighted by Crippen LogP contribution is 2.20. The topological polar surface area (TPSA) is 70.2 Å². The zero-order valence-electron chi connectivity index (χ0n) is 15.7. The van der Waals surface area contributed by atoms with E-state index in [1.54, 1.807) is 6.07 Å². The number of hydrogen-bond donors (Lipinski definition) is 2. The van der Waals surface area contributed by atoms with Gasteiger partial charge in [-0.3, -0.25) is 9.69 Å². The molecule has 1 aromatic heterocycles. The Kier molecular flexibility index (Phi) is 5.52. The lowest BCUT2D eigenvalue weighted by Gasteiger charge is -2.41. The molecule has 0 unspecified atom stereocenters. The molecule has 1 fully saturated rings. The number of aromatic nitrogens is 2. The van der Waals surface area contributed by atoms with Crippen LogP contribution in [0.5, 0.6) is 0 Å². The van der Waals surface area contributed by atoms with Crippen LogP contribution in [0.25, 0.3) is 0 Å². The SMILES string of the molecule is CC(C)(C)N1CCC(NC(=O)c2cc(Nc3ccccc3)ncn2)CC1. The lowest BCUT2D eigenvalue weighted by atomic mass is 9.98. The van der Waals surface area contributed by atoms with Crippen LogP contribution in [0.3, 0.4) is 0 Å². The number of para-hydroxylation sites is 1. The van der Waals surface area contributed by atoms with Crippen LogP contribution in [0.2, 0.25) is 0 Å². The zero-order valence-corrected chi connectivity index (χ0v) is 15.7. The van der Waals surface area contributed by atoms with Gasteiger partial charge in [0.05, 0.1) is 0 Å². The molecular weight excluding hydrogens is 326 g/mol. The molecule has 2 N–H and O–H groups in total. The van der Waals surface area contributed by atoms with Gasteiger partial charge in [-0.25, -0.2) is 9.97 Å². The maximum atomic E-state index is 12.6. The summed E-state index contributed by atoms with van der Waals surface area (Å²) in [6.45, 7) is 8.69. The summed E-state index contributed by atoms with van der Waals surface area (Å²) < 4.78 is 0. The molecule has 6 nitrogen and oxygen atoms in total.